The number of anilines is 3. The quantitative estimate of drug-likeness (QED) is 0.174. The molecule has 9 rings (SSSR count). The monoisotopic (exact) mass is 640 g/mol. The molecule has 0 bridgehead atoms. The molecule has 0 atom stereocenters. The van der Waals surface area contributed by atoms with E-state index in [1.807, 2.05) is 18.3 Å². The van der Waals surface area contributed by atoms with Crippen molar-refractivity contribution < 1.29 is 0 Å². The van der Waals surface area contributed by atoms with E-state index in [1.54, 1.807) is 0 Å². The van der Waals surface area contributed by atoms with Crippen molar-refractivity contribution in [1.29, 1.82) is 0 Å². The number of rotatable bonds is 7. The third-order valence-electron chi connectivity index (χ3n) is 9.26. The summed E-state index contributed by atoms with van der Waals surface area (Å²) in [6.07, 6.45) is 3.98. The Morgan fingerprint density at radius 1 is 0.420 bits per heavy atom. The van der Waals surface area contributed by atoms with Crippen molar-refractivity contribution in [3.05, 3.63) is 194 Å². The average molecular weight is 641 g/mol. The second kappa shape index (κ2) is 12.7. The van der Waals surface area contributed by atoms with E-state index in [0.29, 0.717) is 0 Å². The molecule has 0 aliphatic heterocycles. The molecule has 0 saturated heterocycles. The Morgan fingerprint density at radius 2 is 1.02 bits per heavy atom. The van der Waals surface area contributed by atoms with Gasteiger partial charge in [-0.1, -0.05) is 127 Å². The molecule has 0 aliphatic rings. The standard InChI is InChI=1S/C46H32N4/c1-3-13-36(14-4-1)45-46(49-31-10-9-20-43(49)48-45)38-15-11-18-41(32-38)50(39-16-5-2-6-17-39)40-27-25-34(26-28-40)33-21-23-37(24-22-33)44-42-19-8-7-12-35(42)29-30-47-44/h1-32H. The molecule has 0 fully saturated rings. The van der Waals surface area contributed by atoms with Gasteiger partial charge in [0.25, 0.3) is 0 Å². The van der Waals surface area contributed by atoms with Crippen molar-refractivity contribution in [2.24, 2.45) is 0 Å². The fourth-order valence-electron chi connectivity index (χ4n) is 6.86. The first kappa shape index (κ1) is 29.4. The Kier molecular flexibility index (Phi) is 7.45. The van der Waals surface area contributed by atoms with Crippen molar-refractivity contribution in [3.63, 3.8) is 0 Å². The summed E-state index contributed by atoms with van der Waals surface area (Å²) < 4.78 is 2.19. The van der Waals surface area contributed by atoms with Crippen LogP contribution in [-0.4, -0.2) is 14.4 Å². The smallest absolute Gasteiger partial charge is 0.137 e. The van der Waals surface area contributed by atoms with Crippen molar-refractivity contribution >= 4 is 33.5 Å². The van der Waals surface area contributed by atoms with Gasteiger partial charge in [0.05, 0.1) is 17.1 Å². The number of nitrogens with zero attached hydrogens (tertiary/aromatic N) is 4. The van der Waals surface area contributed by atoms with Crippen molar-refractivity contribution in [1.82, 2.24) is 14.4 Å². The van der Waals surface area contributed by atoms with Gasteiger partial charge in [-0.3, -0.25) is 9.38 Å². The second-order valence-electron chi connectivity index (χ2n) is 12.3. The highest BCUT2D eigenvalue weighted by atomic mass is 15.1. The molecule has 0 aliphatic carbocycles. The number of aromatic nitrogens is 3. The van der Waals surface area contributed by atoms with Crippen molar-refractivity contribution in [2.45, 2.75) is 0 Å². The summed E-state index contributed by atoms with van der Waals surface area (Å²) in [6.45, 7) is 0. The normalized spacial score (nSPS) is 11.2. The first-order chi connectivity index (χ1) is 24.8. The lowest BCUT2D eigenvalue weighted by atomic mass is 9.99. The molecule has 0 radical (unpaired) electrons. The van der Waals surface area contributed by atoms with E-state index in [4.69, 9.17) is 9.97 Å². The molecule has 4 heteroatoms. The molecule has 50 heavy (non-hydrogen) atoms. The van der Waals surface area contributed by atoms with Gasteiger partial charge < -0.3 is 4.90 Å². The van der Waals surface area contributed by atoms with E-state index in [9.17, 15) is 0 Å². The van der Waals surface area contributed by atoms with Crippen molar-refractivity contribution in [2.75, 3.05) is 4.90 Å². The zero-order valence-electron chi connectivity index (χ0n) is 27.3. The van der Waals surface area contributed by atoms with Crippen LogP contribution in [0.2, 0.25) is 0 Å². The summed E-state index contributed by atoms with van der Waals surface area (Å²) in [4.78, 5) is 12.1. The molecular formula is C46H32N4. The second-order valence-corrected chi connectivity index (χ2v) is 12.3. The van der Waals surface area contributed by atoms with Crippen LogP contribution in [0.5, 0.6) is 0 Å². The topological polar surface area (TPSA) is 33.4 Å². The number of imidazole rings is 1. The fourth-order valence-corrected chi connectivity index (χ4v) is 6.86. The van der Waals surface area contributed by atoms with Gasteiger partial charge in [-0.15, -0.1) is 0 Å². The minimum absolute atomic E-state index is 0.920. The molecule has 236 valence electrons. The Hall–Kier alpha value is -6.78. The van der Waals surface area contributed by atoms with E-state index in [2.05, 4.69) is 185 Å². The SMILES string of the molecule is c1ccc(-c2nc3ccccn3c2-c2cccc(N(c3ccccc3)c3ccc(-c4ccc(-c5nccc6ccccc56)cc4)cc3)c2)cc1. The summed E-state index contributed by atoms with van der Waals surface area (Å²) in [5.41, 5.74) is 12.8. The lowest BCUT2D eigenvalue weighted by molar-refractivity contribution is 1.19. The van der Waals surface area contributed by atoms with E-state index < -0.39 is 0 Å². The van der Waals surface area contributed by atoms with E-state index >= 15 is 0 Å². The largest absolute Gasteiger partial charge is 0.310 e. The van der Waals surface area contributed by atoms with E-state index in [1.165, 1.54) is 5.39 Å². The molecule has 0 amide bonds. The third kappa shape index (κ3) is 5.39. The first-order valence-corrected chi connectivity index (χ1v) is 16.8. The van der Waals surface area contributed by atoms with Gasteiger partial charge in [0.2, 0.25) is 0 Å². The van der Waals surface area contributed by atoms with Crippen LogP contribution >= 0.6 is 0 Å². The van der Waals surface area contributed by atoms with Crippen molar-refractivity contribution in [3.8, 4) is 44.9 Å². The number of hydrogen-bond acceptors (Lipinski definition) is 3. The van der Waals surface area contributed by atoms with Crippen LogP contribution in [-0.2, 0) is 0 Å². The van der Waals surface area contributed by atoms with Crippen LogP contribution in [0, 0.1) is 0 Å². The summed E-state index contributed by atoms with van der Waals surface area (Å²) in [7, 11) is 0. The van der Waals surface area contributed by atoms with Crippen LogP contribution in [0.1, 0.15) is 0 Å². The molecule has 3 heterocycles. The molecule has 0 unspecified atom stereocenters. The van der Waals surface area contributed by atoms with Gasteiger partial charge in [0.1, 0.15) is 5.65 Å². The van der Waals surface area contributed by atoms with Gasteiger partial charge in [-0.2, -0.15) is 0 Å². The van der Waals surface area contributed by atoms with Gasteiger partial charge in [0.15, 0.2) is 0 Å². The van der Waals surface area contributed by atoms with Crippen LogP contribution in [0.25, 0.3) is 61.3 Å². The first-order valence-electron chi connectivity index (χ1n) is 16.8. The van der Waals surface area contributed by atoms with Crippen LogP contribution in [0.3, 0.4) is 0 Å². The van der Waals surface area contributed by atoms with Gasteiger partial charge >= 0.3 is 0 Å². The number of benzene rings is 6. The Morgan fingerprint density at radius 3 is 1.82 bits per heavy atom. The summed E-state index contributed by atoms with van der Waals surface area (Å²) in [5.74, 6) is 0. The lowest BCUT2D eigenvalue weighted by Gasteiger charge is -2.26. The molecule has 0 spiro atoms. The highest BCUT2D eigenvalue weighted by molar-refractivity contribution is 5.94. The summed E-state index contributed by atoms with van der Waals surface area (Å²) in [5, 5.41) is 2.36. The zero-order valence-corrected chi connectivity index (χ0v) is 27.3. The summed E-state index contributed by atoms with van der Waals surface area (Å²) >= 11 is 0. The van der Waals surface area contributed by atoms with E-state index in [0.717, 1.165) is 73.0 Å². The lowest BCUT2D eigenvalue weighted by Crippen LogP contribution is -2.10. The Bertz CT molecular complexity index is 2570. The number of fused-ring (bicyclic) bond motifs is 2. The number of hydrogen-bond donors (Lipinski definition) is 0. The highest BCUT2D eigenvalue weighted by Gasteiger charge is 2.19. The Balaban J connectivity index is 1.09. The predicted molar refractivity (Wildman–Crippen MR) is 207 cm³/mol. The molecule has 6 aromatic carbocycles. The van der Waals surface area contributed by atoms with Gasteiger partial charge in [-0.05, 0) is 71.1 Å². The maximum Gasteiger partial charge on any atom is 0.137 e. The predicted octanol–water partition coefficient (Wildman–Crippen LogP) is 12.0. The molecule has 3 aromatic heterocycles. The number of pyridine rings is 2. The summed E-state index contributed by atoms with van der Waals surface area (Å²) in [6, 6.07) is 63.9. The molecule has 4 nitrogen and oxygen atoms in total. The zero-order chi connectivity index (χ0) is 33.3. The van der Waals surface area contributed by atoms with Crippen LogP contribution < -0.4 is 4.90 Å². The highest BCUT2D eigenvalue weighted by Crippen LogP contribution is 2.40. The molecular weight excluding hydrogens is 609 g/mol. The van der Waals surface area contributed by atoms with Crippen LogP contribution in [0.15, 0.2) is 194 Å². The third-order valence-corrected chi connectivity index (χ3v) is 9.26. The molecule has 0 N–H and O–H groups in total. The minimum atomic E-state index is 0.920. The average Bonchev–Trinajstić information content (AvgIpc) is 3.59. The fraction of sp³-hybridized carbons (Fsp3) is 0. The molecule has 0 saturated carbocycles. The van der Waals surface area contributed by atoms with Gasteiger partial charge in [-0.25, -0.2) is 4.98 Å². The number of para-hydroxylation sites is 1. The minimum Gasteiger partial charge on any atom is -0.310 e. The Labute approximate surface area is 291 Å². The van der Waals surface area contributed by atoms with E-state index in [-0.39, 0.29) is 0 Å². The molecule has 9 aromatic rings. The maximum atomic E-state index is 5.07. The van der Waals surface area contributed by atoms with Gasteiger partial charge in [0, 0.05) is 51.5 Å². The maximum absolute atomic E-state index is 5.07. The van der Waals surface area contributed by atoms with Crippen LogP contribution in [0.4, 0.5) is 17.1 Å².